The van der Waals surface area contributed by atoms with Crippen molar-refractivity contribution in [3.05, 3.63) is 47.0 Å². The lowest BCUT2D eigenvalue weighted by Crippen LogP contribution is -2.26. The van der Waals surface area contributed by atoms with E-state index in [0.29, 0.717) is 22.0 Å². The van der Waals surface area contributed by atoms with Crippen molar-refractivity contribution in [3.63, 3.8) is 0 Å². The average molecular weight is 450 g/mol. The van der Waals surface area contributed by atoms with E-state index in [2.05, 4.69) is 9.98 Å². The third-order valence-corrected chi connectivity index (χ3v) is 8.68. The van der Waals surface area contributed by atoms with Crippen LogP contribution in [-0.2, 0) is 19.6 Å². The average Bonchev–Trinajstić information content (AvgIpc) is 3.39. The Morgan fingerprint density at radius 2 is 2.14 bits per heavy atom. The predicted octanol–water partition coefficient (Wildman–Crippen LogP) is 3.75. The molecule has 2 aromatic heterocycles. The molecule has 152 valence electrons. The van der Waals surface area contributed by atoms with E-state index < -0.39 is 10.0 Å². The molecule has 1 aliphatic rings. The summed E-state index contributed by atoms with van der Waals surface area (Å²) in [5.74, 6) is -0.339. The van der Waals surface area contributed by atoms with Gasteiger partial charge in [0.15, 0.2) is 5.44 Å². The number of hydrogen-bond donors (Lipinski definition) is 1. The monoisotopic (exact) mass is 449 g/mol. The highest BCUT2D eigenvalue weighted by Gasteiger charge is 2.27. The molecule has 1 unspecified atom stereocenters. The van der Waals surface area contributed by atoms with Crippen molar-refractivity contribution in [3.8, 4) is 0 Å². The largest absolute Gasteiger partial charge is 0.449 e. The Morgan fingerprint density at radius 1 is 1.34 bits per heavy atom. The van der Waals surface area contributed by atoms with E-state index in [0.717, 1.165) is 21.7 Å². The molecule has 1 aromatic carbocycles. The molecule has 1 atom stereocenters. The summed E-state index contributed by atoms with van der Waals surface area (Å²) in [6.45, 7) is 3.70. The number of nitrogens with zero attached hydrogens (tertiary/aromatic N) is 2. The van der Waals surface area contributed by atoms with Gasteiger partial charge in [0.25, 0.3) is 10.0 Å². The van der Waals surface area contributed by atoms with Crippen LogP contribution in [0.15, 0.2) is 44.9 Å². The molecule has 1 N–H and O–H groups in total. The van der Waals surface area contributed by atoms with E-state index in [9.17, 15) is 13.2 Å². The number of hydrogen-bond acceptors (Lipinski definition) is 7. The van der Waals surface area contributed by atoms with Crippen LogP contribution < -0.4 is 4.31 Å². The smallest absolute Gasteiger partial charge is 0.303 e. The zero-order chi connectivity index (χ0) is 20.8. The van der Waals surface area contributed by atoms with Crippen LogP contribution in [0.2, 0.25) is 0 Å². The number of fused-ring (bicyclic) bond motifs is 1. The van der Waals surface area contributed by atoms with E-state index in [1.165, 1.54) is 34.3 Å². The molecular formula is C19H19N3O4S3. The van der Waals surface area contributed by atoms with Crippen LogP contribution in [0.4, 0.5) is 5.69 Å². The van der Waals surface area contributed by atoms with Crippen LogP contribution in [0.5, 0.6) is 0 Å². The van der Waals surface area contributed by atoms with Crippen molar-refractivity contribution in [2.24, 2.45) is 4.99 Å². The lowest BCUT2D eigenvalue weighted by Gasteiger charge is -2.20. The zero-order valence-electron chi connectivity index (χ0n) is 16.0. The summed E-state index contributed by atoms with van der Waals surface area (Å²) in [7, 11) is -2.09. The number of ether oxygens (including phenoxy) is 1. The van der Waals surface area contributed by atoms with Gasteiger partial charge in [-0.2, -0.15) is 0 Å². The number of sulfonamides is 1. The summed E-state index contributed by atoms with van der Waals surface area (Å²) in [5, 5.41) is 3.37. The molecule has 29 heavy (non-hydrogen) atoms. The topological polar surface area (TPSA) is 91.8 Å². The number of nitrogens with one attached hydrogen (secondary N) is 1. The van der Waals surface area contributed by atoms with Gasteiger partial charge >= 0.3 is 5.97 Å². The first-order chi connectivity index (χ1) is 13.8. The fourth-order valence-corrected chi connectivity index (χ4v) is 6.49. The minimum absolute atomic E-state index is 0.293. The van der Waals surface area contributed by atoms with Crippen LogP contribution >= 0.6 is 23.1 Å². The van der Waals surface area contributed by atoms with E-state index >= 15 is 0 Å². The quantitative estimate of drug-likeness (QED) is 0.599. The summed E-state index contributed by atoms with van der Waals surface area (Å²) in [6.07, 6.45) is 0. The molecule has 0 fully saturated rings. The maximum Gasteiger partial charge on any atom is 0.303 e. The number of aliphatic imine (C=N–C) groups is 1. The number of benzene rings is 1. The number of esters is 1. The summed E-state index contributed by atoms with van der Waals surface area (Å²) in [4.78, 5) is 19.0. The number of rotatable bonds is 5. The first-order valence-electron chi connectivity index (χ1n) is 8.80. The number of carbonyl (C=O) groups excluding carboxylic acids is 1. The van der Waals surface area contributed by atoms with E-state index in [1.807, 2.05) is 25.1 Å². The highest BCUT2D eigenvalue weighted by molar-refractivity contribution is 8.15. The lowest BCUT2D eigenvalue weighted by molar-refractivity contribution is -0.141. The second-order valence-electron chi connectivity index (χ2n) is 6.64. The van der Waals surface area contributed by atoms with Gasteiger partial charge in [-0.25, -0.2) is 8.42 Å². The summed E-state index contributed by atoms with van der Waals surface area (Å²) in [5.41, 5.74) is 2.67. The molecule has 0 aliphatic carbocycles. The molecule has 1 aliphatic heterocycles. The molecule has 0 saturated carbocycles. The fourth-order valence-electron chi connectivity index (χ4n) is 3.16. The van der Waals surface area contributed by atoms with E-state index in [4.69, 9.17) is 4.74 Å². The van der Waals surface area contributed by atoms with Gasteiger partial charge in [-0.1, -0.05) is 17.8 Å². The third-order valence-electron chi connectivity index (χ3n) is 4.46. The van der Waals surface area contributed by atoms with Crippen LogP contribution in [0.3, 0.4) is 0 Å². The first-order valence-corrected chi connectivity index (χ1v) is 12.0. The number of aromatic amines is 1. The Kier molecular flexibility index (Phi) is 5.18. The summed E-state index contributed by atoms with van der Waals surface area (Å²) >= 11 is 2.56. The summed E-state index contributed by atoms with van der Waals surface area (Å²) in [6, 6.07) is 9.11. The molecular weight excluding hydrogens is 430 g/mol. The molecule has 0 amide bonds. The van der Waals surface area contributed by atoms with Gasteiger partial charge in [-0.05, 0) is 42.1 Å². The minimum Gasteiger partial charge on any atom is -0.449 e. The van der Waals surface area contributed by atoms with Crippen molar-refractivity contribution >= 4 is 60.7 Å². The SMILES string of the molecule is CC(=O)OC1CN=C(c2cc3cc(C)cc(N(C)S(=O)(=O)c4cccs4)c3[nH]2)S1. The Morgan fingerprint density at radius 3 is 2.83 bits per heavy atom. The molecule has 0 bridgehead atoms. The minimum atomic E-state index is -3.65. The zero-order valence-corrected chi connectivity index (χ0v) is 18.5. The van der Waals surface area contributed by atoms with Crippen molar-refractivity contribution in [2.45, 2.75) is 23.5 Å². The molecule has 0 radical (unpaired) electrons. The Balaban J connectivity index is 1.72. The number of aryl methyl sites for hydroxylation is 1. The maximum atomic E-state index is 13.0. The van der Waals surface area contributed by atoms with Crippen molar-refractivity contribution in [2.75, 3.05) is 17.9 Å². The second kappa shape index (κ2) is 7.51. The third kappa shape index (κ3) is 3.79. The highest BCUT2D eigenvalue weighted by atomic mass is 32.2. The Bertz CT molecular complexity index is 1210. The maximum absolute atomic E-state index is 13.0. The van der Waals surface area contributed by atoms with Crippen molar-refractivity contribution < 1.29 is 17.9 Å². The number of carbonyl (C=O) groups is 1. The number of thiophene rings is 1. The van der Waals surface area contributed by atoms with Crippen LogP contribution in [0.1, 0.15) is 18.2 Å². The normalized spacial score (nSPS) is 16.8. The summed E-state index contributed by atoms with van der Waals surface area (Å²) < 4.78 is 32.8. The molecule has 0 spiro atoms. The van der Waals surface area contributed by atoms with Gasteiger partial charge in [0.05, 0.1) is 23.4 Å². The van der Waals surface area contributed by atoms with Gasteiger partial charge < -0.3 is 9.72 Å². The van der Waals surface area contributed by atoms with Gasteiger partial charge in [0.1, 0.15) is 9.25 Å². The molecule has 0 saturated heterocycles. The highest BCUT2D eigenvalue weighted by Crippen LogP contribution is 2.34. The first kappa shape index (κ1) is 20.0. The second-order valence-corrected chi connectivity index (χ2v) is 10.9. The lowest BCUT2D eigenvalue weighted by atomic mass is 10.1. The number of aromatic nitrogens is 1. The van der Waals surface area contributed by atoms with Crippen molar-refractivity contribution in [1.82, 2.24) is 4.98 Å². The van der Waals surface area contributed by atoms with E-state index in [1.54, 1.807) is 24.6 Å². The molecule has 7 nitrogen and oxygen atoms in total. The fraction of sp³-hybridized carbons (Fsp3) is 0.263. The van der Waals surface area contributed by atoms with Gasteiger partial charge in [0, 0.05) is 19.4 Å². The number of H-pyrrole nitrogens is 1. The number of thioether (sulfide) groups is 1. The van der Waals surface area contributed by atoms with Gasteiger partial charge in [-0.15, -0.1) is 11.3 Å². The van der Waals surface area contributed by atoms with Crippen LogP contribution in [-0.4, -0.2) is 43.4 Å². The molecule has 3 heterocycles. The Hall–Kier alpha value is -2.30. The van der Waals surface area contributed by atoms with Crippen LogP contribution in [0.25, 0.3) is 10.9 Å². The predicted molar refractivity (Wildman–Crippen MR) is 117 cm³/mol. The number of anilines is 1. The standard InChI is InChI=1S/C19H19N3O4S3/c1-11-7-13-9-14(19-20-10-16(28-19)26-12(2)23)21-18(13)15(8-11)22(3)29(24,25)17-5-4-6-27-17/h4-9,16,21H,10H2,1-3H3. The van der Waals surface area contributed by atoms with Gasteiger partial charge in [0.2, 0.25) is 0 Å². The van der Waals surface area contributed by atoms with Crippen LogP contribution in [0, 0.1) is 6.92 Å². The molecule has 10 heteroatoms. The van der Waals surface area contributed by atoms with E-state index in [-0.39, 0.29) is 11.4 Å². The Labute approximate surface area is 176 Å². The molecule has 4 rings (SSSR count). The molecule has 3 aromatic rings. The van der Waals surface area contributed by atoms with Crippen molar-refractivity contribution in [1.29, 1.82) is 0 Å². The van der Waals surface area contributed by atoms with Gasteiger partial charge in [-0.3, -0.25) is 14.1 Å².